The van der Waals surface area contributed by atoms with Crippen LogP contribution in [0.25, 0.3) is 5.69 Å². The first-order valence-electron chi connectivity index (χ1n) is 9.75. The number of benzene rings is 2. The van der Waals surface area contributed by atoms with Gasteiger partial charge in [-0.15, -0.1) is 5.10 Å². The van der Waals surface area contributed by atoms with E-state index in [-0.39, 0.29) is 29.6 Å². The maximum atomic E-state index is 13.4. The van der Waals surface area contributed by atoms with Crippen LogP contribution in [0.15, 0.2) is 48.8 Å². The second kappa shape index (κ2) is 8.58. The highest BCUT2D eigenvalue weighted by Crippen LogP contribution is 2.40. The Morgan fingerprint density at radius 2 is 2.07 bits per heavy atom. The Bertz CT molecular complexity index is 1010. The number of hydrogen-bond donors (Lipinski definition) is 2. The summed E-state index contributed by atoms with van der Waals surface area (Å²) >= 11 is 0. The molecule has 156 valence electrons. The number of halogens is 1. The molecular weight excluding hydrogens is 387 g/mol. The molecule has 4 rings (SSSR count). The van der Waals surface area contributed by atoms with E-state index in [0.29, 0.717) is 13.0 Å². The lowest BCUT2D eigenvalue weighted by atomic mass is 9.86. The standard InChI is InChI=1S/C21H23FN6O2/c1-30-19-9-6-16(28-12-25-26-27-28)10-14(19)11-24-18-8-7-17(21(23)29)20(18)13-2-4-15(22)5-3-13/h2-6,9-10,12,17-18,20,24H,7-8,11H2,1H3,(H2,23,29). The van der Waals surface area contributed by atoms with Crippen molar-refractivity contribution in [3.8, 4) is 11.4 Å². The van der Waals surface area contributed by atoms with Gasteiger partial charge in [-0.2, -0.15) is 0 Å². The molecule has 30 heavy (non-hydrogen) atoms. The van der Waals surface area contributed by atoms with Gasteiger partial charge in [0.2, 0.25) is 5.91 Å². The van der Waals surface area contributed by atoms with Gasteiger partial charge in [-0.1, -0.05) is 12.1 Å². The molecule has 0 saturated heterocycles. The minimum atomic E-state index is -0.327. The fraction of sp³-hybridized carbons (Fsp3) is 0.333. The number of nitrogens with two attached hydrogens (primary N) is 1. The Balaban J connectivity index is 1.56. The molecule has 1 heterocycles. The van der Waals surface area contributed by atoms with Crippen LogP contribution in [0.3, 0.4) is 0 Å². The molecule has 9 heteroatoms. The normalized spacial score (nSPS) is 20.9. The molecular formula is C21H23FN6O2. The summed E-state index contributed by atoms with van der Waals surface area (Å²) in [4.78, 5) is 12.0. The van der Waals surface area contributed by atoms with Crippen molar-refractivity contribution in [2.24, 2.45) is 11.7 Å². The van der Waals surface area contributed by atoms with E-state index >= 15 is 0 Å². The second-order valence-corrected chi connectivity index (χ2v) is 7.40. The average molecular weight is 410 g/mol. The number of tetrazole rings is 1. The summed E-state index contributed by atoms with van der Waals surface area (Å²) in [5.41, 5.74) is 8.32. The summed E-state index contributed by atoms with van der Waals surface area (Å²) in [5, 5.41) is 14.8. The summed E-state index contributed by atoms with van der Waals surface area (Å²) in [6.07, 6.45) is 3.01. The van der Waals surface area contributed by atoms with Crippen molar-refractivity contribution in [1.29, 1.82) is 0 Å². The fourth-order valence-electron chi connectivity index (χ4n) is 4.26. The molecule has 0 bridgehead atoms. The largest absolute Gasteiger partial charge is 0.496 e. The number of nitrogens with zero attached hydrogens (tertiary/aromatic N) is 4. The Kier molecular flexibility index (Phi) is 5.71. The average Bonchev–Trinajstić information content (AvgIpc) is 3.43. The zero-order valence-corrected chi connectivity index (χ0v) is 16.5. The van der Waals surface area contributed by atoms with E-state index in [2.05, 4.69) is 20.8 Å². The lowest BCUT2D eigenvalue weighted by Crippen LogP contribution is -2.35. The molecule has 2 aromatic carbocycles. The molecule has 3 N–H and O–H groups in total. The molecule has 3 aromatic rings. The summed E-state index contributed by atoms with van der Waals surface area (Å²) < 4.78 is 20.5. The van der Waals surface area contributed by atoms with Gasteiger partial charge in [0.25, 0.3) is 0 Å². The van der Waals surface area contributed by atoms with Crippen LogP contribution in [0.5, 0.6) is 5.75 Å². The maximum Gasteiger partial charge on any atom is 0.221 e. The first-order chi connectivity index (χ1) is 14.6. The Morgan fingerprint density at radius 3 is 2.73 bits per heavy atom. The van der Waals surface area contributed by atoms with Crippen LogP contribution >= 0.6 is 0 Å². The number of carbonyl (C=O) groups is 1. The van der Waals surface area contributed by atoms with Gasteiger partial charge in [0.1, 0.15) is 17.9 Å². The Morgan fingerprint density at radius 1 is 1.27 bits per heavy atom. The number of nitrogens with one attached hydrogen (secondary N) is 1. The SMILES string of the molecule is COc1ccc(-n2cnnn2)cc1CNC1CCC(C(N)=O)C1c1ccc(F)cc1. The van der Waals surface area contributed by atoms with E-state index in [1.807, 2.05) is 18.2 Å². The van der Waals surface area contributed by atoms with Crippen LogP contribution < -0.4 is 15.8 Å². The van der Waals surface area contributed by atoms with E-state index < -0.39 is 0 Å². The number of aromatic nitrogens is 4. The Hall–Kier alpha value is -3.33. The van der Waals surface area contributed by atoms with Crippen molar-refractivity contribution in [2.45, 2.75) is 31.3 Å². The van der Waals surface area contributed by atoms with Crippen LogP contribution in [0.4, 0.5) is 4.39 Å². The number of hydrogen-bond acceptors (Lipinski definition) is 6. The van der Waals surface area contributed by atoms with Crippen molar-refractivity contribution < 1.29 is 13.9 Å². The third-order valence-corrected chi connectivity index (χ3v) is 5.71. The second-order valence-electron chi connectivity index (χ2n) is 7.40. The molecule has 1 fully saturated rings. The topological polar surface area (TPSA) is 108 Å². The van der Waals surface area contributed by atoms with Crippen molar-refractivity contribution in [1.82, 2.24) is 25.5 Å². The molecule has 1 amide bonds. The van der Waals surface area contributed by atoms with Crippen LogP contribution in [-0.4, -0.2) is 39.3 Å². The van der Waals surface area contributed by atoms with Gasteiger partial charge in [0.15, 0.2) is 0 Å². The quantitative estimate of drug-likeness (QED) is 0.616. The van der Waals surface area contributed by atoms with E-state index in [1.165, 1.54) is 18.5 Å². The summed E-state index contributed by atoms with van der Waals surface area (Å²) in [6, 6.07) is 12.0. The monoisotopic (exact) mass is 410 g/mol. The fourth-order valence-corrected chi connectivity index (χ4v) is 4.26. The summed E-state index contributed by atoms with van der Waals surface area (Å²) in [5.74, 6) is -0.297. The molecule has 3 atom stereocenters. The predicted octanol–water partition coefficient (Wildman–Crippen LogP) is 1.95. The first-order valence-corrected chi connectivity index (χ1v) is 9.75. The van der Waals surface area contributed by atoms with Gasteiger partial charge in [-0.3, -0.25) is 4.79 Å². The van der Waals surface area contributed by atoms with Crippen LogP contribution in [0, 0.1) is 11.7 Å². The third-order valence-electron chi connectivity index (χ3n) is 5.71. The maximum absolute atomic E-state index is 13.4. The third kappa shape index (κ3) is 4.02. The van der Waals surface area contributed by atoms with E-state index in [1.54, 1.807) is 23.9 Å². The molecule has 0 aliphatic heterocycles. The number of rotatable bonds is 7. The van der Waals surface area contributed by atoms with Crippen LogP contribution in [-0.2, 0) is 11.3 Å². The smallest absolute Gasteiger partial charge is 0.221 e. The van der Waals surface area contributed by atoms with Gasteiger partial charge in [0.05, 0.1) is 12.8 Å². The van der Waals surface area contributed by atoms with Gasteiger partial charge in [-0.05, 0) is 59.2 Å². The highest BCUT2D eigenvalue weighted by molar-refractivity contribution is 5.78. The molecule has 0 spiro atoms. The van der Waals surface area contributed by atoms with Gasteiger partial charge in [-0.25, -0.2) is 9.07 Å². The van der Waals surface area contributed by atoms with Crippen LogP contribution in [0.2, 0.25) is 0 Å². The van der Waals surface area contributed by atoms with Gasteiger partial charge in [0, 0.05) is 30.0 Å². The lowest BCUT2D eigenvalue weighted by molar-refractivity contribution is -0.122. The first kappa shape index (κ1) is 20.0. The number of primary amides is 1. The van der Waals surface area contributed by atoms with Crippen LogP contribution in [0.1, 0.15) is 29.9 Å². The lowest BCUT2D eigenvalue weighted by Gasteiger charge is -2.25. The van der Waals surface area contributed by atoms with E-state index in [4.69, 9.17) is 10.5 Å². The molecule has 1 aromatic heterocycles. The summed E-state index contributed by atoms with van der Waals surface area (Å²) in [7, 11) is 1.62. The zero-order valence-electron chi connectivity index (χ0n) is 16.5. The molecule has 8 nitrogen and oxygen atoms in total. The molecule has 3 unspecified atom stereocenters. The number of amides is 1. The van der Waals surface area contributed by atoms with Crippen molar-refractivity contribution in [2.75, 3.05) is 7.11 Å². The minimum Gasteiger partial charge on any atom is -0.496 e. The van der Waals surface area contributed by atoms with Gasteiger partial charge >= 0.3 is 0 Å². The Labute approximate surface area is 173 Å². The minimum absolute atomic E-state index is 0.0226. The zero-order chi connectivity index (χ0) is 21.1. The highest BCUT2D eigenvalue weighted by Gasteiger charge is 2.40. The van der Waals surface area contributed by atoms with E-state index in [9.17, 15) is 9.18 Å². The van der Waals surface area contributed by atoms with Crippen molar-refractivity contribution in [3.05, 3.63) is 65.7 Å². The molecule has 1 aliphatic carbocycles. The molecule has 1 saturated carbocycles. The number of methoxy groups -OCH3 is 1. The van der Waals surface area contributed by atoms with Gasteiger partial charge < -0.3 is 15.8 Å². The number of carbonyl (C=O) groups excluding carboxylic acids is 1. The molecule has 0 radical (unpaired) electrons. The van der Waals surface area contributed by atoms with E-state index in [0.717, 1.165) is 29.0 Å². The van der Waals surface area contributed by atoms with Crippen molar-refractivity contribution >= 4 is 5.91 Å². The number of ether oxygens (including phenoxy) is 1. The predicted molar refractivity (Wildman–Crippen MR) is 107 cm³/mol. The van der Waals surface area contributed by atoms with Crippen molar-refractivity contribution in [3.63, 3.8) is 0 Å². The molecule has 1 aliphatic rings. The highest BCUT2D eigenvalue weighted by atomic mass is 19.1. The summed E-state index contributed by atoms with van der Waals surface area (Å²) in [6.45, 7) is 0.521.